The molecule has 11 rings (SSSR count). The molecule has 2 heterocycles. The van der Waals surface area contributed by atoms with Gasteiger partial charge in [-0.2, -0.15) is 0 Å². The van der Waals surface area contributed by atoms with Gasteiger partial charge in [0.25, 0.3) is 11.1 Å². The number of pyridine rings is 2. The summed E-state index contributed by atoms with van der Waals surface area (Å²) >= 11 is 0. The Balaban J connectivity index is 1.15. The van der Waals surface area contributed by atoms with Gasteiger partial charge < -0.3 is 0 Å². The van der Waals surface area contributed by atoms with Crippen LogP contribution in [0.4, 0.5) is 0 Å². The summed E-state index contributed by atoms with van der Waals surface area (Å²) in [6.45, 7) is 0. The van der Waals surface area contributed by atoms with E-state index in [1.54, 1.807) is 0 Å². The third-order valence-corrected chi connectivity index (χ3v) is 11.3. The quantitative estimate of drug-likeness (QED) is 0.134. The van der Waals surface area contributed by atoms with Gasteiger partial charge in [0, 0.05) is 32.9 Å². The van der Waals surface area contributed by atoms with Crippen LogP contribution >= 0.6 is 0 Å². The van der Waals surface area contributed by atoms with E-state index >= 15 is 0 Å². The molecule has 56 heavy (non-hydrogen) atoms. The predicted molar refractivity (Wildman–Crippen MR) is 234 cm³/mol. The topological polar surface area (TPSA) is 44.0 Å². The second kappa shape index (κ2) is 12.5. The zero-order chi connectivity index (χ0) is 37.3. The molecule has 4 heteroatoms. The maximum absolute atomic E-state index is 14.2. The molecular weight excluding hydrogens is 685 g/mol. The lowest BCUT2D eigenvalue weighted by atomic mass is 9.86. The number of rotatable bonds is 4. The van der Waals surface area contributed by atoms with Crippen LogP contribution in [0.3, 0.4) is 0 Å². The molecule has 0 radical (unpaired) electrons. The molecule has 11 aromatic rings. The van der Waals surface area contributed by atoms with Crippen LogP contribution < -0.4 is 11.1 Å². The largest absolute Gasteiger partial charge is 0.276 e. The SMILES string of the molecule is O=c1c2ccccc2c2ccccc2n1-c1cccc(-c2c3ccccc3c(-c3cccc(-n4c(=O)c5ccccc5c5ccccc54)c3)c3ccccc23)c1. The number of benzene rings is 9. The minimum Gasteiger partial charge on any atom is -0.276 e. The molecular formula is C52H32N2O2. The van der Waals surface area contributed by atoms with E-state index in [0.717, 1.165) is 87.8 Å². The fourth-order valence-corrected chi connectivity index (χ4v) is 8.93. The zero-order valence-corrected chi connectivity index (χ0v) is 30.2. The van der Waals surface area contributed by atoms with Gasteiger partial charge in [-0.25, -0.2) is 0 Å². The molecule has 0 unspecified atom stereocenters. The summed E-state index contributed by atoms with van der Waals surface area (Å²) in [4.78, 5) is 28.5. The van der Waals surface area contributed by atoms with Crippen molar-refractivity contribution < 1.29 is 0 Å². The molecule has 9 aromatic carbocycles. The van der Waals surface area contributed by atoms with Gasteiger partial charge in [-0.15, -0.1) is 0 Å². The van der Waals surface area contributed by atoms with Crippen LogP contribution in [0.1, 0.15) is 0 Å². The van der Waals surface area contributed by atoms with E-state index in [2.05, 4.69) is 84.9 Å². The first kappa shape index (κ1) is 31.9. The summed E-state index contributed by atoms with van der Waals surface area (Å²) in [5.74, 6) is 0. The van der Waals surface area contributed by atoms with Crippen molar-refractivity contribution in [2.45, 2.75) is 0 Å². The van der Waals surface area contributed by atoms with Gasteiger partial charge in [0.1, 0.15) is 0 Å². The second-order valence-electron chi connectivity index (χ2n) is 14.3. The summed E-state index contributed by atoms with van der Waals surface area (Å²) in [6.07, 6.45) is 0. The molecule has 0 spiro atoms. The molecule has 0 saturated heterocycles. The van der Waals surface area contributed by atoms with E-state index in [1.165, 1.54) is 0 Å². The van der Waals surface area contributed by atoms with Crippen molar-refractivity contribution in [1.82, 2.24) is 9.13 Å². The van der Waals surface area contributed by atoms with Crippen molar-refractivity contribution in [3.05, 3.63) is 215 Å². The highest BCUT2D eigenvalue weighted by molar-refractivity contribution is 6.21. The summed E-state index contributed by atoms with van der Waals surface area (Å²) in [7, 11) is 0. The lowest BCUT2D eigenvalue weighted by Crippen LogP contribution is -2.19. The normalized spacial score (nSPS) is 11.7. The lowest BCUT2D eigenvalue weighted by molar-refractivity contribution is 1.06. The van der Waals surface area contributed by atoms with Gasteiger partial charge in [0.05, 0.1) is 11.0 Å². The summed E-state index contributed by atoms with van der Waals surface area (Å²) in [5.41, 5.74) is 7.54. The van der Waals surface area contributed by atoms with Crippen molar-refractivity contribution >= 4 is 64.9 Å². The number of nitrogens with zero attached hydrogens (tertiary/aromatic N) is 2. The molecule has 0 fully saturated rings. The van der Waals surface area contributed by atoms with E-state index in [9.17, 15) is 9.59 Å². The summed E-state index contributed by atoms with van der Waals surface area (Å²) in [5, 5.41) is 9.79. The highest BCUT2D eigenvalue weighted by Gasteiger charge is 2.19. The molecule has 0 N–H and O–H groups in total. The maximum Gasteiger partial charge on any atom is 0.263 e. The van der Waals surface area contributed by atoms with Crippen LogP contribution in [0, 0.1) is 0 Å². The Bertz CT molecular complexity index is 3250. The molecule has 0 aliphatic heterocycles. The molecule has 262 valence electrons. The molecule has 4 nitrogen and oxygen atoms in total. The highest BCUT2D eigenvalue weighted by atomic mass is 16.1. The third kappa shape index (κ3) is 4.73. The van der Waals surface area contributed by atoms with Gasteiger partial charge in [-0.1, -0.05) is 146 Å². The number of hydrogen-bond acceptors (Lipinski definition) is 2. The first-order valence-electron chi connectivity index (χ1n) is 18.9. The van der Waals surface area contributed by atoms with Gasteiger partial charge in [0.2, 0.25) is 0 Å². The average molecular weight is 717 g/mol. The molecule has 2 aromatic heterocycles. The standard InChI is InChI=1S/C52H32N2O2/c55-51-45-27-7-1-19-37(45)39-21-9-11-29-47(39)53(51)35-17-13-15-33(31-35)49-41-23-3-5-25-43(41)50(44-26-6-4-24-42(44)49)34-16-14-18-36(32-34)54-48-30-12-10-22-40(48)38-20-2-8-28-46(38)52(54)56/h1-32H. The Morgan fingerprint density at radius 1 is 0.268 bits per heavy atom. The van der Waals surface area contributed by atoms with E-state index in [4.69, 9.17) is 0 Å². The lowest BCUT2D eigenvalue weighted by Gasteiger charge is -2.19. The Hall–Kier alpha value is -7.56. The average Bonchev–Trinajstić information content (AvgIpc) is 3.26. The van der Waals surface area contributed by atoms with Crippen molar-refractivity contribution in [1.29, 1.82) is 0 Å². The molecule has 0 bridgehead atoms. The minimum absolute atomic E-state index is 0.0419. The van der Waals surface area contributed by atoms with Crippen molar-refractivity contribution in [3.63, 3.8) is 0 Å². The first-order valence-corrected chi connectivity index (χ1v) is 18.9. The fourth-order valence-electron chi connectivity index (χ4n) is 8.93. The Morgan fingerprint density at radius 3 is 0.946 bits per heavy atom. The Labute approximate surface area is 321 Å². The van der Waals surface area contributed by atoms with Gasteiger partial charge in [-0.05, 0) is 103 Å². The van der Waals surface area contributed by atoms with Crippen LogP contribution in [-0.2, 0) is 0 Å². The Morgan fingerprint density at radius 2 is 0.571 bits per heavy atom. The second-order valence-corrected chi connectivity index (χ2v) is 14.3. The number of hydrogen-bond donors (Lipinski definition) is 0. The van der Waals surface area contributed by atoms with E-state index in [-0.39, 0.29) is 11.1 Å². The molecule has 0 aliphatic rings. The minimum atomic E-state index is -0.0419. The summed E-state index contributed by atoms with van der Waals surface area (Å²) < 4.78 is 3.70. The van der Waals surface area contributed by atoms with Gasteiger partial charge >= 0.3 is 0 Å². The molecule has 0 aliphatic carbocycles. The monoisotopic (exact) mass is 716 g/mol. The third-order valence-electron chi connectivity index (χ3n) is 11.3. The zero-order valence-electron chi connectivity index (χ0n) is 30.2. The van der Waals surface area contributed by atoms with Crippen molar-refractivity contribution in [2.75, 3.05) is 0 Å². The van der Waals surface area contributed by atoms with Crippen LogP contribution in [-0.4, -0.2) is 9.13 Å². The van der Waals surface area contributed by atoms with Crippen LogP contribution in [0.2, 0.25) is 0 Å². The summed E-state index contributed by atoms with van der Waals surface area (Å²) in [6, 6.07) is 65.8. The van der Waals surface area contributed by atoms with Crippen LogP contribution in [0.15, 0.2) is 204 Å². The number of fused-ring (bicyclic) bond motifs is 8. The Kier molecular flexibility index (Phi) is 7.13. The van der Waals surface area contributed by atoms with Gasteiger partial charge in [-0.3, -0.25) is 18.7 Å². The molecule has 0 atom stereocenters. The molecule has 0 saturated carbocycles. The van der Waals surface area contributed by atoms with Crippen LogP contribution in [0.25, 0.3) is 98.5 Å². The molecule has 0 amide bonds. The smallest absolute Gasteiger partial charge is 0.263 e. The number of aromatic nitrogens is 2. The van der Waals surface area contributed by atoms with E-state index in [1.807, 2.05) is 118 Å². The van der Waals surface area contributed by atoms with Crippen molar-refractivity contribution in [3.8, 4) is 33.6 Å². The first-order chi connectivity index (χ1) is 27.7. The van der Waals surface area contributed by atoms with E-state index in [0.29, 0.717) is 10.8 Å². The van der Waals surface area contributed by atoms with Crippen LogP contribution in [0.5, 0.6) is 0 Å². The van der Waals surface area contributed by atoms with Gasteiger partial charge in [0.15, 0.2) is 0 Å². The highest BCUT2D eigenvalue weighted by Crippen LogP contribution is 2.44. The number of para-hydroxylation sites is 2. The maximum atomic E-state index is 14.2. The fraction of sp³-hybridized carbons (Fsp3) is 0. The van der Waals surface area contributed by atoms with Crippen molar-refractivity contribution in [2.24, 2.45) is 0 Å². The predicted octanol–water partition coefficient (Wildman–Crippen LogP) is 12.2. The van der Waals surface area contributed by atoms with E-state index < -0.39 is 0 Å².